The third kappa shape index (κ3) is 2.00. The number of aryl methyl sites for hydroxylation is 1. The molecule has 1 aromatic carbocycles. The standard InChI is InChI=1S/C11H12BrNS/c12-9-3-4-11-10(6-9)8(7-14-11)2-1-5-13/h3-4,6-7H,1-2,5,13H2. The van der Waals surface area contributed by atoms with E-state index in [0.717, 1.165) is 23.9 Å². The van der Waals surface area contributed by atoms with Crippen LogP contribution in [0, 0.1) is 0 Å². The van der Waals surface area contributed by atoms with Gasteiger partial charge < -0.3 is 5.73 Å². The van der Waals surface area contributed by atoms with Gasteiger partial charge >= 0.3 is 0 Å². The molecule has 1 aromatic heterocycles. The molecule has 74 valence electrons. The van der Waals surface area contributed by atoms with E-state index in [1.54, 1.807) is 0 Å². The van der Waals surface area contributed by atoms with Crippen LogP contribution in [-0.4, -0.2) is 6.54 Å². The van der Waals surface area contributed by atoms with Crippen LogP contribution in [0.15, 0.2) is 28.1 Å². The van der Waals surface area contributed by atoms with Gasteiger partial charge in [-0.05, 0) is 53.9 Å². The number of rotatable bonds is 3. The van der Waals surface area contributed by atoms with Crippen LogP contribution in [0.5, 0.6) is 0 Å². The van der Waals surface area contributed by atoms with Gasteiger partial charge in [0.15, 0.2) is 0 Å². The molecule has 1 nitrogen and oxygen atoms in total. The van der Waals surface area contributed by atoms with Crippen LogP contribution < -0.4 is 5.73 Å². The van der Waals surface area contributed by atoms with Crippen molar-refractivity contribution in [3.63, 3.8) is 0 Å². The van der Waals surface area contributed by atoms with Gasteiger partial charge in [0.25, 0.3) is 0 Å². The first-order valence-electron chi connectivity index (χ1n) is 4.67. The van der Waals surface area contributed by atoms with E-state index in [9.17, 15) is 0 Å². The van der Waals surface area contributed by atoms with Crippen molar-refractivity contribution in [2.75, 3.05) is 6.54 Å². The minimum Gasteiger partial charge on any atom is -0.330 e. The molecule has 0 bridgehead atoms. The van der Waals surface area contributed by atoms with Gasteiger partial charge in [-0.3, -0.25) is 0 Å². The Kier molecular flexibility index (Phi) is 3.21. The monoisotopic (exact) mass is 269 g/mol. The van der Waals surface area contributed by atoms with Gasteiger partial charge in [0.1, 0.15) is 0 Å². The number of fused-ring (bicyclic) bond motifs is 1. The van der Waals surface area contributed by atoms with Gasteiger partial charge in [0.05, 0.1) is 0 Å². The highest BCUT2D eigenvalue weighted by Gasteiger charge is 2.03. The van der Waals surface area contributed by atoms with E-state index in [2.05, 4.69) is 39.5 Å². The summed E-state index contributed by atoms with van der Waals surface area (Å²) < 4.78 is 2.51. The SMILES string of the molecule is NCCCc1csc2ccc(Br)cc12. The molecule has 2 rings (SSSR count). The van der Waals surface area contributed by atoms with Crippen LogP contribution in [0.25, 0.3) is 10.1 Å². The number of benzene rings is 1. The molecule has 0 aliphatic carbocycles. The van der Waals surface area contributed by atoms with E-state index in [-0.39, 0.29) is 0 Å². The molecule has 1 heterocycles. The molecule has 0 atom stereocenters. The maximum Gasteiger partial charge on any atom is 0.0346 e. The molecule has 0 saturated carbocycles. The van der Waals surface area contributed by atoms with Gasteiger partial charge in [-0.2, -0.15) is 0 Å². The van der Waals surface area contributed by atoms with Crippen LogP contribution in [-0.2, 0) is 6.42 Å². The quantitative estimate of drug-likeness (QED) is 0.906. The molecule has 3 heteroatoms. The summed E-state index contributed by atoms with van der Waals surface area (Å²) in [6, 6.07) is 6.44. The molecular weight excluding hydrogens is 258 g/mol. The fourth-order valence-electron chi connectivity index (χ4n) is 1.54. The summed E-state index contributed by atoms with van der Waals surface area (Å²) in [5.41, 5.74) is 6.94. The molecule has 0 aliphatic rings. The number of hydrogen-bond acceptors (Lipinski definition) is 2. The molecule has 0 unspecified atom stereocenters. The van der Waals surface area contributed by atoms with Crippen molar-refractivity contribution >= 4 is 37.4 Å². The maximum absolute atomic E-state index is 5.51. The first kappa shape index (κ1) is 10.1. The minimum atomic E-state index is 0.769. The first-order valence-corrected chi connectivity index (χ1v) is 6.34. The second-order valence-electron chi connectivity index (χ2n) is 3.29. The van der Waals surface area contributed by atoms with E-state index in [1.807, 2.05) is 11.3 Å². The van der Waals surface area contributed by atoms with Crippen molar-refractivity contribution in [1.82, 2.24) is 0 Å². The molecule has 2 N–H and O–H groups in total. The highest BCUT2D eigenvalue weighted by atomic mass is 79.9. The third-order valence-electron chi connectivity index (χ3n) is 2.27. The van der Waals surface area contributed by atoms with Gasteiger partial charge in [0, 0.05) is 9.17 Å². The summed E-state index contributed by atoms with van der Waals surface area (Å²) in [5, 5.41) is 3.62. The Morgan fingerprint density at radius 3 is 3.00 bits per heavy atom. The van der Waals surface area contributed by atoms with Crippen LogP contribution in [0.2, 0.25) is 0 Å². The molecule has 0 fully saturated rings. The Balaban J connectivity index is 2.40. The van der Waals surface area contributed by atoms with Crippen LogP contribution >= 0.6 is 27.3 Å². The first-order chi connectivity index (χ1) is 6.81. The minimum absolute atomic E-state index is 0.769. The van der Waals surface area contributed by atoms with Crippen molar-refractivity contribution in [2.45, 2.75) is 12.8 Å². The summed E-state index contributed by atoms with van der Waals surface area (Å²) >= 11 is 5.31. The molecule has 2 aromatic rings. The van der Waals surface area contributed by atoms with Gasteiger partial charge in [-0.1, -0.05) is 15.9 Å². The smallest absolute Gasteiger partial charge is 0.0346 e. The molecule has 0 radical (unpaired) electrons. The summed E-state index contributed by atoms with van der Waals surface area (Å²) in [6.07, 6.45) is 2.16. The van der Waals surface area contributed by atoms with Crippen LogP contribution in [0.3, 0.4) is 0 Å². The van der Waals surface area contributed by atoms with Gasteiger partial charge in [-0.15, -0.1) is 11.3 Å². The van der Waals surface area contributed by atoms with Crippen molar-refractivity contribution in [1.29, 1.82) is 0 Å². The number of nitrogens with two attached hydrogens (primary N) is 1. The zero-order chi connectivity index (χ0) is 9.97. The molecule has 0 spiro atoms. The highest BCUT2D eigenvalue weighted by Crippen LogP contribution is 2.29. The Morgan fingerprint density at radius 1 is 1.36 bits per heavy atom. The number of thiophene rings is 1. The van der Waals surface area contributed by atoms with Crippen molar-refractivity contribution < 1.29 is 0 Å². The number of halogens is 1. The molecule has 0 aliphatic heterocycles. The number of hydrogen-bond donors (Lipinski definition) is 1. The maximum atomic E-state index is 5.51. The predicted octanol–water partition coefficient (Wildman–Crippen LogP) is 3.56. The Morgan fingerprint density at radius 2 is 2.21 bits per heavy atom. The Labute approximate surface area is 96.1 Å². The Bertz CT molecular complexity index is 436. The largest absolute Gasteiger partial charge is 0.330 e. The average Bonchev–Trinajstić information content (AvgIpc) is 2.57. The van der Waals surface area contributed by atoms with E-state index in [0.29, 0.717) is 0 Å². The normalized spacial score (nSPS) is 11.0. The lowest BCUT2D eigenvalue weighted by Crippen LogP contribution is -1.99. The Hall–Kier alpha value is -0.380. The predicted molar refractivity (Wildman–Crippen MR) is 66.9 cm³/mol. The second-order valence-corrected chi connectivity index (χ2v) is 5.12. The molecule has 14 heavy (non-hydrogen) atoms. The van der Waals surface area contributed by atoms with E-state index in [4.69, 9.17) is 5.73 Å². The van der Waals surface area contributed by atoms with E-state index < -0.39 is 0 Å². The summed E-state index contributed by atoms with van der Waals surface area (Å²) in [6.45, 7) is 0.769. The molecule has 0 amide bonds. The van der Waals surface area contributed by atoms with Gasteiger partial charge in [-0.25, -0.2) is 0 Å². The third-order valence-corrected chi connectivity index (χ3v) is 3.77. The zero-order valence-corrected chi connectivity index (χ0v) is 10.2. The van der Waals surface area contributed by atoms with Crippen molar-refractivity contribution in [2.24, 2.45) is 5.73 Å². The highest BCUT2D eigenvalue weighted by molar-refractivity contribution is 9.10. The average molecular weight is 270 g/mol. The van der Waals surface area contributed by atoms with E-state index in [1.165, 1.54) is 15.6 Å². The van der Waals surface area contributed by atoms with Gasteiger partial charge in [0.2, 0.25) is 0 Å². The summed E-state index contributed by atoms with van der Waals surface area (Å²) in [7, 11) is 0. The van der Waals surface area contributed by atoms with E-state index >= 15 is 0 Å². The fraction of sp³-hybridized carbons (Fsp3) is 0.273. The van der Waals surface area contributed by atoms with Crippen LogP contribution in [0.1, 0.15) is 12.0 Å². The summed E-state index contributed by atoms with van der Waals surface area (Å²) in [4.78, 5) is 0. The lowest BCUT2D eigenvalue weighted by Gasteiger charge is -1.98. The lowest BCUT2D eigenvalue weighted by molar-refractivity contribution is 0.839. The van der Waals surface area contributed by atoms with Crippen molar-refractivity contribution in [3.05, 3.63) is 33.6 Å². The van der Waals surface area contributed by atoms with Crippen LogP contribution in [0.4, 0.5) is 0 Å². The van der Waals surface area contributed by atoms with Crippen molar-refractivity contribution in [3.8, 4) is 0 Å². The summed E-state index contributed by atoms with van der Waals surface area (Å²) in [5.74, 6) is 0. The molecule has 0 saturated heterocycles. The fourth-order valence-corrected chi connectivity index (χ4v) is 2.88. The lowest BCUT2D eigenvalue weighted by atomic mass is 10.1. The topological polar surface area (TPSA) is 26.0 Å². The second kappa shape index (κ2) is 4.43. The molecular formula is C11H12BrNS. The zero-order valence-electron chi connectivity index (χ0n) is 7.79.